The van der Waals surface area contributed by atoms with Gasteiger partial charge >= 0.3 is 0 Å². The topological polar surface area (TPSA) is 29.3 Å². The fourth-order valence-corrected chi connectivity index (χ4v) is 3.58. The van der Waals surface area contributed by atoms with Crippen LogP contribution in [-0.4, -0.2) is 24.5 Å². The zero-order valence-electron chi connectivity index (χ0n) is 13.0. The minimum Gasteiger partial charge on any atom is -0.329 e. The molecule has 2 aromatic rings. The second-order valence-electron chi connectivity index (χ2n) is 6.25. The van der Waals surface area contributed by atoms with Gasteiger partial charge in [-0.15, -0.1) is 0 Å². The number of likely N-dealkylation sites (tertiary alicyclic amines) is 1. The van der Waals surface area contributed by atoms with Crippen LogP contribution in [0.2, 0.25) is 0 Å². The molecule has 1 heterocycles. The molecule has 0 bridgehead atoms. The second-order valence-corrected chi connectivity index (χ2v) is 6.25. The zero-order chi connectivity index (χ0) is 14.7. The van der Waals surface area contributed by atoms with Crippen LogP contribution < -0.4 is 5.73 Å². The predicted molar refractivity (Wildman–Crippen MR) is 90.3 cm³/mol. The minimum absolute atomic E-state index is 0.368. The van der Waals surface area contributed by atoms with Crippen molar-refractivity contribution in [3.63, 3.8) is 0 Å². The van der Waals surface area contributed by atoms with Gasteiger partial charge in [0.25, 0.3) is 0 Å². The van der Waals surface area contributed by atoms with Crippen LogP contribution in [0.25, 0.3) is 10.8 Å². The highest BCUT2D eigenvalue weighted by molar-refractivity contribution is 5.83. The summed E-state index contributed by atoms with van der Waals surface area (Å²) in [6.07, 6.45) is 3.96. The van der Waals surface area contributed by atoms with Crippen molar-refractivity contribution in [1.29, 1.82) is 0 Å². The van der Waals surface area contributed by atoms with E-state index in [9.17, 15) is 0 Å². The Labute approximate surface area is 127 Å². The van der Waals surface area contributed by atoms with Crippen LogP contribution in [0.1, 0.15) is 37.8 Å². The Morgan fingerprint density at radius 2 is 1.81 bits per heavy atom. The van der Waals surface area contributed by atoms with Crippen molar-refractivity contribution < 1.29 is 0 Å². The molecule has 1 fully saturated rings. The molecule has 3 rings (SSSR count). The molecule has 0 aromatic heterocycles. The van der Waals surface area contributed by atoms with Crippen LogP contribution in [0.15, 0.2) is 42.5 Å². The van der Waals surface area contributed by atoms with Gasteiger partial charge in [-0.05, 0) is 54.3 Å². The molecule has 0 radical (unpaired) electrons. The van der Waals surface area contributed by atoms with Gasteiger partial charge in [-0.3, -0.25) is 4.90 Å². The number of fused-ring (bicyclic) bond motifs is 1. The van der Waals surface area contributed by atoms with E-state index < -0.39 is 0 Å². The molecule has 0 saturated carbocycles. The Morgan fingerprint density at radius 3 is 2.48 bits per heavy atom. The summed E-state index contributed by atoms with van der Waals surface area (Å²) >= 11 is 0. The van der Waals surface area contributed by atoms with E-state index in [0.29, 0.717) is 12.6 Å². The summed E-state index contributed by atoms with van der Waals surface area (Å²) in [5.74, 6) is 0.913. The standard InChI is InChI=1S/C19H26N2/c1-2-15-9-11-21(12-10-15)19(14-20)18-8-7-16-5-3-4-6-17(16)13-18/h3-8,13,15,19H,2,9-12,14,20H2,1H3. The molecule has 2 nitrogen and oxygen atoms in total. The molecule has 1 aliphatic rings. The molecule has 1 saturated heterocycles. The third kappa shape index (κ3) is 3.12. The number of nitrogens with zero attached hydrogens (tertiary/aromatic N) is 1. The summed E-state index contributed by atoms with van der Waals surface area (Å²) in [5, 5.41) is 2.62. The highest BCUT2D eigenvalue weighted by Crippen LogP contribution is 2.29. The normalized spacial score (nSPS) is 19.0. The van der Waals surface area contributed by atoms with Crippen molar-refractivity contribution in [3.8, 4) is 0 Å². The van der Waals surface area contributed by atoms with E-state index in [1.807, 2.05) is 0 Å². The molecule has 21 heavy (non-hydrogen) atoms. The fraction of sp³-hybridized carbons (Fsp3) is 0.474. The first-order chi connectivity index (χ1) is 10.3. The third-order valence-corrected chi connectivity index (χ3v) is 5.05. The van der Waals surface area contributed by atoms with Gasteiger partial charge in [0.05, 0.1) is 0 Å². The van der Waals surface area contributed by atoms with E-state index in [2.05, 4.69) is 54.3 Å². The van der Waals surface area contributed by atoms with E-state index in [1.165, 1.54) is 48.7 Å². The Morgan fingerprint density at radius 1 is 1.10 bits per heavy atom. The number of benzene rings is 2. The van der Waals surface area contributed by atoms with Crippen molar-refractivity contribution in [2.75, 3.05) is 19.6 Å². The van der Waals surface area contributed by atoms with Crippen LogP contribution in [0, 0.1) is 5.92 Å². The van der Waals surface area contributed by atoms with Gasteiger partial charge in [-0.25, -0.2) is 0 Å². The van der Waals surface area contributed by atoms with E-state index in [-0.39, 0.29) is 0 Å². The summed E-state index contributed by atoms with van der Waals surface area (Å²) in [6, 6.07) is 15.7. The first kappa shape index (κ1) is 14.6. The fourth-order valence-electron chi connectivity index (χ4n) is 3.58. The van der Waals surface area contributed by atoms with Gasteiger partial charge in [0.2, 0.25) is 0 Å². The Hall–Kier alpha value is -1.38. The van der Waals surface area contributed by atoms with Crippen molar-refractivity contribution in [1.82, 2.24) is 4.90 Å². The summed E-state index contributed by atoms with van der Waals surface area (Å²) < 4.78 is 0. The lowest BCUT2D eigenvalue weighted by atomic mass is 9.92. The lowest BCUT2D eigenvalue weighted by Crippen LogP contribution is -2.39. The maximum absolute atomic E-state index is 6.11. The molecule has 2 N–H and O–H groups in total. The lowest BCUT2D eigenvalue weighted by Gasteiger charge is -2.37. The molecular weight excluding hydrogens is 256 g/mol. The van der Waals surface area contributed by atoms with Crippen molar-refractivity contribution >= 4 is 10.8 Å². The largest absolute Gasteiger partial charge is 0.329 e. The second kappa shape index (κ2) is 6.59. The molecule has 0 aliphatic carbocycles. The van der Waals surface area contributed by atoms with Crippen LogP contribution in [0.5, 0.6) is 0 Å². The van der Waals surface area contributed by atoms with Crippen LogP contribution in [0.4, 0.5) is 0 Å². The maximum Gasteiger partial charge on any atom is 0.0470 e. The Bertz CT molecular complexity index is 585. The van der Waals surface area contributed by atoms with Crippen LogP contribution in [-0.2, 0) is 0 Å². The van der Waals surface area contributed by atoms with Gasteiger partial charge in [0, 0.05) is 12.6 Å². The predicted octanol–water partition coefficient (Wildman–Crippen LogP) is 3.96. The molecule has 2 heteroatoms. The number of hydrogen-bond acceptors (Lipinski definition) is 2. The van der Waals surface area contributed by atoms with Gasteiger partial charge < -0.3 is 5.73 Å². The van der Waals surface area contributed by atoms with Gasteiger partial charge in [0.15, 0.2) is 0 Å². The molecule has 112 valence electrons. The SMILES string of the molecule is CCC1CCN(C(CN)c2ccc3ccccc3c2)CC1. The average molecular weight is 282 g/mol. The Balaban J connectivity index is 1.81. The van der Waals surface area contributed by atoms with Gasteiger partial charge in [-0.2, -0.15) is 0 Å². The highest BCUT2D eigenvalue weighted by Gasteiger charge is 2.24. The van der Waals surface area contributed by atoms with Gasteiger partial charge in [-0.1, -0.05) is 49.7 Å². The van der Waals surface area contributed by atoms with Crippen molar-refractivity contribution in [2.45, 2.75) is 32.2 Å². The average Bonchev–Trinajstić information content (AvgIpc) is 2.56. The number of nitrogens with two attached hydrogens (primary N) is 1. The van der Waals surface area contributed by atoms with Crippen LogP contribution >= 0.6 is 0 Å². The monoisotopic (exact) mass is 282 g/mol. The molecule has 1 atom stereocenters. The molecule has 0 amide bonds. The summed E-state index contributed by atoms with van der Waals surface area (Å²) in [5.41, 5.74) is 7.47. The van der Waals surface area contributed by atoms with E-state index >= 15 is 0 Å². The van der Waals surface area contributed by atoms with Crippen LogP contribution in [0.3, 0.4) is 0 Å². The quantitative estimate of drug-likeness (QED) is 0.919. The highest BCUT2D eigenvalue weighted by atomic mass is 15.2. The lowest BCUT2D eigenvalue weighted by molar-refractivity contribution is 0.134. The first-order valence-corrected chi connectivity index (χ1v) is 8.24. The molecular formula is C19H26N2. The van der Waals surface area contributed by atoms with Gasteiger partial charge in [0.1, 0.15) is 0 Å². The number of rotatable bonds is 4. The summed E-state index contributed by atoms with van der Waals surface area (Å²) in [7, 11) is 0. The summed E-state index contributed by atoms with van der Waals surface area (Å²) in [6.45, 7) is 5.39. The molecule has 1 unspecified atom stereocenters. The Kier molecular flexibility index (Phi) is 4.57. The third-order valence-electron chi connectivity index (χ3n) is 5.05. The number of hydrogen-bond donors (Lipinski definition) is 1. The molecule has 1 aliphatic heterocycles. The van der Waals surface area contributed by atoms with Crippen molar-refractivity contribution in [2.24, 2.45) is 11.7 Å². The van der Waals surface area contributed by atoms with E-state index in [0.717, 1.165) is 5.92 Å². The maximum atomic E-state index is 6.11. The van der Waals surface area contributed by atoms with E-state index in [4.69, 9.17) is 5.73 Å². The summed E-state index contributed by atoms with van der Waals surface area (Å²) in [4.78, 5) is 2.58. The molecule has 2 aromatic carbocycles. The minimum atomic E-state index is 0.368. The first-order valence-electron chi connectivity index (χ1n) is 8.24. The number of piperidine rings is 1. The molecule has 0 spiro atoms. The van der Waals surface area contributed by atoms with E-state index in [1.54, 1.807) is 0 Å². The smallest absolute Gasteiger partial charge is 0.0470 e. The zero-order valence-corrected chi connectivity index (χ0v) is 13.0. The van der Waals surface area contributed by atoms with Crippen molar-refractivity contribution in [3.05, 3.63) is 48.0 Å².